The average Bonchev–Trinajstić information content (AvgIpc) is 2.89. The monoisotopic (exact) mass is 280 g/mol. The predicted octanol–water partition coefficient (Wildman–Crippen LogP) is 1.36. The molecule has 0 N–H and O–H groups in total. The number of ether oxygens (including phenoxy) is 1. The summed E-state index contributed by atoms with van der Waals surface area (Å²) in [6, 6.07) is 11.1. The van der Waals surface area contributed by atoms with Crippen molar-refractivity contribution in [2.45, 2.75) is 18.0 Å². The van der Waals surface area contributed by atoms with Crippen molar-refractivity contribution in [1.82, 2.24) is 5.01 Å². The first kappa shape index (κ1) is 13.1. The summed E-state index contributed by atoms with van der Waals surface area (Å²) in [5, 5.41) is 24.6. The van der Waals surface area contributed by atoms with Crippen molar-refractivity contribution in [2.75, 3.05) is 7.11 Å². The predicted molar refractivity (Wildman–Crippen MR) is 72.7 cm³/mol. The molecule has 1 aromatic rings. The molecule has 0 amide bonds. The van der Waals surface area contributed by atoms with Crippen LogP contribution in [0.4, 0.5) is 0 Å². The maximum absolute atomic E-state index is 12.1. The van der Waals surface area contributed by atoms with Gasteiger partial charge in [-0.05, 0) is 11.1 Å². The Morgan fingerprint density at radius 2 is 2.14 bits per heavy atom. The van der Waals surface area contributed by atoms with E-state index in [9.17, 15) is 15.3 Å². The molecule has 2 aliphatic rings. The molecule has 0 bridgehead atoms. The summed E-state index contributed by atoms with van der Waals surface area (Å²) in [6.45, 7) is 0. The van der Waals surface area contributed by atoms with Gasteiger partial charge in [-0.25, -0.2) is 0 Å². The lowest BCUT2D eigenvalue weighted by molar-refractivity contribution is -0.146. The van der Waals surface area contributed by atoms with E-state index in [2.05, 4.69) is 5.10 Å². The van der Waals surface area contributed by atoms with Crippen LogP contribution in [0, 0.1) is 28.6 Å². The summed E-state index contributed by atoms with van der Waals surface area (Å²) in [6.07, 6.45) is 1.71. The maximum atomic E-state index is 12.1. The van der Waals surface area contributed by atoms with E-state index in [1.54, 1.807) is 6.21 Å². The number of nitrogens with zero attached hydrogens (tertiary/aromatic N) is 4. The third-order valence-corrected chi connectivity index (χ3v) is 4.06. The maximum Gasteiger partial charge on any atom is 0.311 e. The van der Waals surface area contributed by atoms with Crippen LogP contribution in [0.3, 0.4) is 0 Å². The van der Waals surface area contributed by atoms with Gasteiger partial charge in [-0.2, -0.15) is 15.6 Å². The number of hydrogen-bond acceptors (Lipinski definition) is 6. The van der Waals surface area contributed by atoms with Crippen LogP contribution in [0.2, 0.25) is 0 Å². The lowest BCUT2D eigenvalue weighted by Crippen LogP contribution is -2.40. The van der Waals surface area contributed by atoms with Crippen molar-refractivity contribution in [2.24, 2.45) is 11.0 Å². The summed E-state index contributed by atoms with van der Waals surface area (Å²) in [7, 11) is 1.31. The zero-order valence-electron chi connectivity index (χ0n) is 11.4. The van der Waals surface area contributed by atoms with Crippen LogP contribution in [0.5, 0.6) is 0 Å². The van der Waals surface area contributed by atoms with Gasteiger partial charge in [0.25, 0.3) is 0 Å². The van der Waals surface area contributed by atoms with Crippen LogP contribution in [0.1, 0.15) is 23.6 Å². The van der Waals surface area contributed by atoms with E-state index in [4.69, 9.17) is 4.74 Å². The fourth-order valence-corrected chi connectivity index (χ4v) is 3.05. The molecule has 0 spiro atoms. The molecule has 1 saturated heterocycles. The van der Waals surface area contributed by atoms with Crippen molar-refractivity contribution >= 4 is 12.2 Å². The van der Waals surface area contributed by atoms with Gasteiger partial charge in [0.2, 0.25) is 5.54 Å². The number of benzene rings is 1. The van der Waals surface area contributed by atoms with Crippen LogP contribution in [-0.4, -0.2) is 29.8 Å². The lowest BCUT2D eigenvalue weighted by Gasteiger charge is -2.33. The molecule has 6 nitrogen and oxygen atoms in total. The summed E-state index contributed by atoms with van der Waals surface area (Å²) < 4.78 is 4.84. The number of esters is 1. The smallest absolute Gasteiger partial charge is 0.311 e. The average molecular weight is 280 g/mol. The standard InChI is InChI=1S/C15H12N4O2/c1-21-14(20)12-6-15(8-16,9-17)19-13(12)11-5-3-2-4-10(11)7-18-19/h2-5,7,12-13H,6H2,1H3. The highest BCUT2D eigenvalue weighted by Crippen LogP contribution is 2.49. The van der Waals surface area contributed by atoms with Crippen molar-refractivity contribution in [3.8, 4) is 12.1 Å². The minimum atomic E-state index is -1.44. The highest BCUT2D eigenvalue weighted by Gasteiger charge is 2.57. The quantitative estimate of drug-likeness (QED) is 0.724. The minimum Gasteiger partial charge on any atom is -0.469 e. The first-order valence-electron chi connectivity index (χ1n) is 6.49. The summed E-state index contributed by atoms with van der Waals surface area (Å²) in [4.78, 5) is 12.1. The first-order chi connectivity index (χ1) is 10.2. The van der Waals surface area contributed by atoms with E-state index in [1.165, 1.54) is 12.1 Å². The van der Waals surface area contributed by atoms with E-state index in [0.717, 1.165) is 11.1 Å². The Kier molecular flexibility index (Phi) is 2.88. The van der Waals surface area contributed by atoms with Gasteiger partial charge in [-0.1, -0.05) is 24.3 Å². The number of methoxy groups -OCH3 is 1. The first-order valence-corrected chi connectivity index (χ1v) is 6.49. The molecule has 1 fully saturated rings. The minimum absolute atomic E-state index is 0.0863. The van der Waals surface area contributed by atoms with E-state index >= 15 is 0 Å². The molecule has 2 aliphatic heterocycles. The highest BCUT2D eigenvalue weighted by molar-refractivity contribution is 5.85. The highest BCUT2D eigenvalue weighted by atomic mass is 16.5. The Labute approximate surface area is 121 Å². The van der Waals surface area contributed by atoms with Crippen LogP contribution in [-0.2, 0) is 9.53 Å². The van der Waals surface area contributed by atoms with Gasteiger partial charge in [0, 0.05) is 6.42 Å². The lowest BCUT2D eigenvalue weighted by atomic mass is 9.88. The fraction of sp³-hybridized carbons (Fsp3) is 0.333. The van der Waals surface area contributed by atoms with E-state index < -0.39 is 23.5 Å². The Morgan fingerprint density at radius 3 is 2.81 bits per heavy atom. The number of hydrazone groups is 1. The van der Waals surface area contributed by atoms with E-state index in [1.807, 2.05) is 36.4 Å². The molecule has 0 aliphatic carbocycles. The molecule has 2 heterocycles. The number of nitriles is 2. The second-order valence-corrected chi connectivity index (χ2v) is 5.08. The van der Waals surface area contributed by atoms with Gasteiger partial charge < -0.3 is 4.74 Å². The number of hydrogen-bond donors (Lipinski definition) is 0. The third-order valence-electron chi connectivity index (χ3n) is 4.06. The molecular formula is C15H12N4O2. The van der Waals surface area contributed by atoms with Gasteiger partial charge in [-0.15, -0.1) is 0 Å². The molecule has 104 valence electrons. The second-order valence-electron chi connectivity index (χ2n) is 5.08. The van der Waals surface area contributed by atoms with Gasteiger partial charge in [0.1, 0.15) is 12.1 Å². The topological polar surface area (TPSA) is 89.5 Å². The van der Waals surface area contributed by atoms with E-state index in [-0.39, 0.29) is 6.42 Å². The fourth-order valence-electron chi connectivity index (χ4n) is 3.05. The SMILES string of the molecule is COC(=O)C1CC(C#N)(C#N)N2N=Cc3ccccc3C12. The molecule has 0 radical (unpaired) electrons. The van der Waals surface area contributed by atoms with Crippen molar-refractivity contribution in [3.63, 3.8) is 0 Å². The van der Waals surface area contributed by atoms with Crippen LogP contribution < -0.4 is 0 Å². The van der Waals surface area contributed by atoms with Gasteiger partial charge in [0.15, 0.2) is 0 Å². The number of carbonyl (C=O) groups excluding carboxylic acids is 1. The number of fused-ring (bicyclic) bond motifs is 3. The molecule has 6 heteroatoms. The van der Waals surface area contributed by atoms with Gasteiger partial charge in [-0.3, -0.25) is 9.80 Å². The Morgan fingerprint density at radius 1 is 1.43 bits per heavy atom. The van der Waals surface area contributed by atoms with Gasteiger partial charge in [0.05, 0.1) is 25.3 Å². The summed E-state index contributed by atoms with van der Waals surface area (Å²) in [5.74, 6) is -1.02. The van der Waals surface area contributed by atoms with Gasteiger partial charge >= 0.3 is 5.97 Å². The zero-order chi connectivity index (χ0) is 15.0. The largest absolute Gasteiger partial charge is 0.469 e. The Bertz CT molecular complexity index is 699. The molecular weight excluding hydrogens is 268 g/mol. The van der Waals surface area contributed by atoms with Crippen molar-refractivity contribution in [3.05, 3.63) is 35.4 Å². The molecule has 0 aromatic heterocycles. The summed E-state index contributed by atoms with van der Waals surface area (Å²) >= 11 is 0. The molecule has 3 rings (SSSR count). The molecule has 21 heavy (non-hydrogen) atoms. The van der Waals surface area contributed by atoms with E-state index in [0.29, 0.717) is 0 Å². The van der Waals surface area contributed by atoms with Crippen LogP contribution >= 0.6 is 0 Å². The summed E-state index contributed by atoms with van der Waals surface area (Å²) in [5.41, 5.74) is 0.336. The Balaban J connectivity index is 2.17. The third kappa shape index (κ3) is 1.70. The van der Waals surface area contributed by atoms with Crippen molar-refractivity contribution < 1.29 is 9.53 Å². The normalized spacial score (nSPS) is 24.4. The van der Waals surface area contributed by atoms with Crippen LogP contribution in [0.25, 0.3) is 0 Å². The number of rotatable bonds is 1. The Hall–Kier alpha value is -2.86. The molecule has 2 unspecified atom stereocenters. The van der Waals surface area contributed by atoms with Crippen molar-refractivity contribution in [1.29, 1.82) is 10.5 Å². The zero-order valence-corrected chi connectivity index (χ0v) is 11.4. The molecule has 0 saturated carbocycles. The van der Waals surface area contributed by atoms with Crippen LogP contribution in [0.15, 0.2) is 29.4 Å². The second kappa shape index (κ2) is 4.60. The molecule has 1 aromatic carbocycles. The number of carbonyl (C=O) groups is 1. The molecule has 2 atom stereocenters.